The molecule has 25 heavy (non-hydrogen) atoms. The topological polar surface area (TPSA) is 59.0 Å². The molecule has 1 aliphatic heterocycles. The van der Waals surface area contributed by atoms with Gasteiger partial charge >= 0.3 is 0 Å². The molecule has 1 N–H and O–H groups in total. The zero-order valence-corrected chi connectivity index (χ0v) is 14.4. The summed E-state index contributed by atoms with van der Waals surface area (Å²) < 4.78 is 8.30. The van der Waals surface area contributed by atoms with E-state index in [1.807, 2.05) is 49.8 Å². The lowest BCUT2D eigenvalue weighted by molar-refractivity contribution is 0.117. The molecule has 6 heteroatoms. The summed E-state index contributed by atoms with van der Waals surface area (Å²) in [6.07, 6.45) is 4.91. The number of nitrogens with zero attached hydrogens (tertiary/aromatic N) is 4. The van der Waals surface area contributed by atoms with Crippen LogP contribution in [0.25, 0.3) is 0 Å². The monoisotopic (exact) mass is 337 g/mol. The molecular weight excluding hydrogens is 314 g/mol. The number of nitrogens with one attached hydrogen (secondary N) is 1. The SMILES string of the molecule is Cc1cc(CN2Cc3cncn3CCC2COc2ccccc2)n[nH]1. The van der Waals surface area contributed by atoms with Crippen LogP contribution in [0.3, 0.4) is 0 Å². The standard InChI is InChI=1S/C19H23N5O/c1-15-9-16(22-21-15)11-24-12-18-10-20-14-23(18)8-7-17(24)13-25-19-5-3-2-4-6-19/h2-6,9-10,14,17H,7-8,11-13H2,1H3,(H,21,22). The van der Waals surface area contributed by atoms with Gasteiger partial charge in [0.1, 0.15) is 12.4 Å². The van der Waals surface area contributed by atoms with Crippen molar-refractivity contribution < 1.29 is 4.74 Å². The molecular formula is C19H23N5O. The Morgan fingerprint density at radius 3 is 2.96 bits per heavy atom. The Kier molecular flexibility index (Phi) is 4.52. The Balaban J connectivity index is 1.50. The number of ether oxygens (including phenoxy) is 1. The molecule has 1 aromatic carbocycles. The number of imidazole rings is 1. The van der Waals surface area contributed by atoms with Gasteiger partial charge in [-0.1, -0.05) is 18.2 Å². The summed E-state index contributed by atoms with van der Waals surface area (Å²) in [6, 6.07) is 12.5. The first-order chi connectivity index (χ1) is 12.3. The van der Waals surface area contributed by atoms with Crippen LogP contribution in [-0.2, 0) is 19.6 Å². The van der Waals surface area contributed by atoms with E-state index in [4.69, 9.17) is 4.74 Å². The lowest BCUT2D eigenvalue weighted by atomic mass is 10.1. The summed E-state index contributed by atoms with van der Waals surface area (Å²) in [7, 11) is 0. The Hall–Kier alpha value is -2.60. The Labute approximate surface area is 147 Å². The summed E-state index contributed by atoms with van der Waals surface area (Å²) in [4.78, 5) is 6.74. The maximum Gasteiger partial charge on any atom is 0.119 e. The number of para-hydroxylation sites is 1. The predicted molar refractivity (Wildman–Crippen MR) is 95.1 cm³/mol. The van der Waals surface area contributed by atoms with Gasteiger partial charge in [-0.05, 0) is 31.5 Å². The summed E-state index contributed by atoms with van der Waals surface area (Å²) >= 11 is 0. The first-order valence-electron chi connectivity index (χ1n) is 8.70. The van der Waals surface area contributed by atoms with Gasteiger partial charge in [0.05, 0.1) is 17.7 Å². The number of H-pyrrole nitrogens is 1. The van der Waals surface area contributed by atoms with Gasteiger partial charge in [0, 0.05) is 37.6 Å². The van der Waals surface area contributed by atoms with E-state index in [0.717, 1.165) is 43.2 Å². The van der Waals surface area contributed by atoms with E-state index in [9.17, 15) is 0 Å². The van der Waals surface area contributed by atoms with Gasteiger partial charge in [-0.3, -0.25) is 10.00 Å². The summed E-state index contributed by atoms with van der Waals surface area (Å²) in [6.45, 7) is 5.33. The van der Waals surface area contributed by atoms with Crippen LogP contribution in [0.2, 0.25) is 0 Å². The molecule has 1 atom stereocenters. The normalized spacial score (nSPS) is 17.9. The highest BCUT2D eigenvalue weighted by atomic mass is 16.5. The van der Waals surface area contributed by atoms with Crippen LogP contribution >= 0.6 is 0 Å². The van der Waals surface area contributed by atoms with Crippen molar-refractivity contribution in [2.24, 2.45) is 0 Å². The van der Waals surface area contributed by atoms with Gasteiger partial charge in [-0.25, -0.2) is 4.98 Å². The highest BCUT2D eigenvalue weighted by molar-refractivity contribution is 5.21. The van der Waals surface area contributed by atoms with Crippen LogP contribution in [0, 0.1) is 6.92 Å². The molecule has 3 aromatic rings. The van der Waals surface area contributed by atoms with Crippen molar-refractivity contribution in [1.82, 2.24) is 24.6 Å². The zero-order chi connectivity index (χ0) is 17.1. The lowest BCUT2D eigenvalue weighted by Crippen LogP contribution is -2.38. The number of rotatable bonds is 5. The molecule has 0 saturated carbocycles. The quantitative estimate of drug-likeness (QED) is 0.778. The first-order valence-corrected chi connectivity index (χ1v) is 8.70. The number of hydrogen-bond donors (Lipinski definition) is 1. The molecule has 1 aliphatic rings. The molecule has 0 spiro atoms. The van der Waals surface area contributed by atoms with Gasteiger partial charge in [-0.15, -0.1) is 0 Å². The summed E-state index contributed by atoms with van der Waals surface area (Å²) in [5.74, 6) is 0.920. The predicted octanol–water partition coefficient (Wildman–Crippen LogP) is 2.77. The minimum absolute atomic E-state index is 0.331. The van der Waals surface area contributed by atoms with Crippen molar-refractivity contribution in [2.45, 2.75) is 39.0 Å². The number of hydrogen-bond acceptors (Lipinski definition) is 4. The fourth-order valence-corrected chi connectivity index (χ4v) is 3.34. The molecule has 0 amide bonds. The number of aryl methyl sites for hydroxylation is 2. The summed E-state index contributed by atoms with van der Waals surface area (Å²) in [5.41, 5.74) is 3.40. The second kappa shape index (κ2) is 7.11. The smallest absolute Gasteiger partial charge is 0.119 e. The van der Waals surface area contributed by atoms with Gasteiger partial charge in [-0.2, -0.15) is 5.10 Å². The van der Waals surface area contributed by atoms with Crippen LogP contribution in [-0.4, -0.2) is 37.3 Å². The highest BCUT2D eigenvalue weighted by Gasteiger charge is 2.25. The third kappa shape index (κ3) is 3.74. The van der Waals surface area contributed by atoms with Crippen molar-refractivity contribution in [1.29, 1.82) is 0 Å². The Bertz CT molecular complexity index is 810. The van der Waals surface area contributed by atoms with Crippen molar-refractivity contribution in [2.75, 3.05) is 6.61 Å². The second-order valence-electron chi connectivity index (χ2n) is 6.59. The number of benzene rings is 1. The maximum atomic E-state index is 6.05. The van der Waals surface area contributed by atoms with E-state index >= 15 is 0 Å². The van der Waals surface area contributed by atoms with Gasteiger partial charge in [0.2, 0.25) is 0 Å². The molecule has 3 heterocycles. The molecule has 6 nitrogen and oxygen atoms in total. The van der Waals surface area contributed by atoms with E-state index in [2.05, 4.69) is 30.7 Å². The fraction of sp³-hybridized carbons (Fsp3) is 0.368. The van der Waals surface area contributed by atoms with E-state index in [0.29, 0.717) is 12.6 Å². The van der Waals surface area contributed by atoms with Gasteiger partial charge in [0.15, 0.2) is 0 Å². The number of aromatic nitrogens is 4. The van der Waals surface area contributed by atoms with Gasteiger partial charge < -0.3 is 9.30 Å². The lowest BCUT2D eigenvalue weighted by Gasteiger charge is -2.28. The molecule has 2 aromatic heterocycles. The van der Waals surface area contributed by atoms with Crippen LogP contribution in [0.5, 0.6) is 5.75 Å². The minimum atomic E-state index is 0.331. The molecule has 1 unspecified atom stereocenters. The van der Waals surface area contributed by atoms with Crippen molar-refractivity contribution in [3.63, 3.8) is 0 Å². The number of aromatic amines is 1. The Morgan fingerprint density at radius 1 is 1.28 bits per heavy atom. The van der Waals surface area contributed by atoms with Gasteiger partial charge in [0.25, 0.3) is 0 Å². The summed E-state index contributed by atoms with van der Waals surface area (Å²) in [5, 5.41) is 7.44. The minimum Gasteiger partial charge on any atom is -0.492 e. The van der Waals surface area contributed by atoms with Crippen molar-refractivity contribution >= 4 is 0 Å². The molecule has 130 valence electrons. The van der Waals surface area contributed by atoms with E-state index < -0.39 is 0 Å². The largest absolute Gasteiger partial charge is 0.492 e. The first kappa shape index (κ1) is 15.9. The average molecular weight is 337 g/mol. The third-order valence-corrected chi connectivity index (χ3v) is 4.69. The van der Waals surface area contributed by atoms with Crippen molar-refractivity contribution in [3.05, 3.63) is 66.0 Å². The van der Waals surface area contributed by atoms with Crippen LogP contribution in [0.4, 0.5) is 0 Å². The molecule has 4 rings (SSSR count). The Morgan fingerprint density at radius 2 is 2.16 bits per heavy atom. The molecule has 0 saturated heterocycles. The van der Waals surface area contributed by atoms with E-state index in [1.54, 1.807) is 0 Å². The maximum absolute atomic E-state index is 6.05. The van der Waals surface area contributed by atoms with Crippen LogP contribution in [0.1, 0.15) is 23.5 Å². The molecule has 0 radical (unpaired) electrons. The van der Waals surface area contributed by atoms with Crippen molar-refractivity contribution in [3.8, 4) is 5.75 Å². The molecule has 0 fully saturated rings. The number of fused-ring (bicyclic) bond motifs is 1. The second-order valence-corrected chi connectivity index (χ2v) is 6.59. The van der Waals surface area contributed by atoms with Crippen LogP contribution < -0.4 is 4.74 Å². The zero-order valence-electron chi connectivity index (χ0n) is 14.4. The third-order valence-electron chi connectivity index (χ3n) is 4.69. The fourth-order valence-electron chi connectivity index (χ4n) is 3.34. The van der Waals surface area contributed by atoms with Crippen LogP contribution in [0.15, 0.2) is 48.9 Å². The molecule has 0 aliphatic carbocycles. The molecule has 0 bridgehead atoms. The van der Waals surface area contributed by atoms with E-state index in [1.165, 1.54) is 5.69 Å². The average Bonchev–Trinajstić information content (AvgIpc) is 3.21. The van der Waals surface area contributed by atoms with E-state index in [-0.39, 0.29) is 0 Å². The highest BCUT2D eigenvalue weighted by Crippen LogP contribution is 2.21.